The third kappa shape index (κ3) is 4.85. The molecular weight excluding hydrogens is 263 g/mol. The topological polar surface area (TPSA) is 66.9 Å². The molecule has 0 aromatic carbocycles. The molecule has 0 saturated heterocycles. The summed E-state index contributed by atoms with van der Waals surface area (Å²) in [6.07, 6.45) is 1.59. The maximum absolute atomic E-state index is 11.5. The Morgan fingerprint density at radius 2 is 2.12 bits per heavy atom. The van der Waals surface area contributed by atoms with E-state index in [-0.39, 0.29) is 21.9 Å². The molecule has 94 valence electrons. The van der Waals surface area contributed by atoms with Crippen molar-refractivity contribution in [3.8, 4) is 0 Å². The van der Waals surface area contributed by atoms with Crippen LogP contribution in [-0.4, -0.2) is 28.5 Å². The van der Waals surface area contributed by atoms with Crippen molar-refractivity contribution in [1.82, 2.24) is 15.3 Å². The van der Waals surface area contributed by atoms with Gasteiger partial charge in [-0.15, -0.1) is 0 Å². The molecule has 1 amide bonds. The first-order valence-electron chi connectivity index (χ1n) is 5.20. The molecule has 1 rings (SSSR count). The van der Waals surface area contributed by atoms with Gasteiger partial charge in [0.15, 0.2) is 11.0 Å². The Kier molecular flexibility index (Phi) is 5.61. The van der Waals surface area contributed by atoms with Gasteiger partial charge < -0.3 is 10.6 Å². The van der Waals surface area contributed by atoms with Crippen LogP contribution in [0.25, 0.3) is 0 Å². The monoisotopic (exact) mass is 276 g/mol. The normalized spacial score (nSPS) is 10.6. The molecule has 0 fully saturated rings. The van der Waals surface area contributed by atoms with Crippen LogP contribution in [0.4, 0.5) is 5.82 Å². The number of halogens is 2. The number of nitrogens with one attached hydrogen (secondary N) is 2. The Labute approximate surface area is 110 Å². The molecule has 2 N–H and O–H groups in total. The summed E-state index contributed by atoms with van der Waals surface area (Å²) in [6, 6.07) is 0.347. The standard InChI is InChI=1S/C10H14Cl2N4O/c1-6(2)13-4-3-7(17)16-10-8(11)9(12)14-5-15-10/h5-6,13H,3-4H2,1-2H3,(H,14,15,16,17). The Hall–Kier alpha value is -0.910. The Morgan fingerprint density at radius 3 is 2.76 bits per heavy atom. The molecule has 0 aliphatic rings. The van der Waals surface area contributed by atoms with E-state index in [2.05, 4.69) is 20.6 Å². The van der Waals surface area contributed by atoms with Crippen molar-refractivity contribution >= 4 is 34.9 Å². The largest absolute Gasteiger partial charge is 0.314 e. The van der Waals surface area contributed by atoms with E-state index in [0.29, 0.717) is 19.0 Å². The van der Waals surface area contributed by atoms with Crippen LogP contribution >= 0.6 is 23.2 Å². The van der Waals surface area contributed by atoms with E-state index < -0.39 is 0 Å². The minimum absolute atomic E-state index is 0.122. The predicted octanol–water partition coefficient (Wildman–Crippen LogP) is 2.11. The van der Waals surface area contributed by atoms with E-state index in [4.69, 9.17) is 23.2 Å². The van der Waals surface area contributed by atoms with Crippen molar-refractivity contribution in [3.63, 3.8) is 0 Å². The fraction of sp³-hybridized carbons (Fsp3) is 0.500. The SMILES string of the molecule is CC(C)NCCC(=O)Nc1ncnc(Cl)c1Cl. The molecule has 5 nitrogen and oxygen atoms in total. The average Bonchev–Trinajstić information content (AvgIpc) is 2.24. The second kappa shape index (κ2) is 6.74. The molecule has 0 aliphatic carbocycles. The Bertz CT molecular complexity index is 398. The zero-order valence-corrected chi connectivity index (χ0v) is 11.1. The lowest BCUT2D eigenvalue weighted by atomic mass is 10.3. The molecule has 0 aliphatic heterocycles. The summed E-state index contributed by atoms with van der Waals surface area (Å²) in [5.74, 6) is 0.0658. The van der Waals surface area contributed by atoms with Gasteiger partial charge in [0.1, 0.15) is 11.3 Å². The fourth-order valence-corrected chi connectivity index (χ4v) is 1.38. The van der Waals surface area contributed by atoms with Crippen LogP contribution in [0.15, 0.2) is 6.33 Å². The quantitative estimate of drug-likeness (QED) is 0.809. The van der Waals surface area contributed by atoms with Gasteiger partial charge >= 0.3 is 0 Å². The number of hydrogen-bond donors (Lipinski definition) is 2. The summed E-state index contributed by atoms with van der Waals surface area (Å²) in [6.45, 7) is 4.62. The molecule has 0 unspecified atom stereocenters. The van der Waals surface area contributed by atoms with E-state index in [1.165, 1.54) is 6.33 Å². The van der Waals surface area contributed by atoms with Gasteiger partial charge in [-0.1, -0.05) is 37.0 Å². The highest BCUT2D eigenvalue weighted by Gasteiger charge is 2.10. The minimum atomic E-state index is -0.171. The van der Waals surface area contributed by atoms with Gasteiger partial charge in [-0.3, -0.25) is 4.79 Å². The summed E-state index contributed by atoms with van der Waals surface area (Å²) >= 11 is 11.5. The molecular formula is C10H14Cl2N4O. The van der Waals surface area contributed by atoms with Gasteiger partial charge in [-0.2, -0.15) is 0 Å². The maximum Gasteiger partial charge on any atom is 0.226 e. The fourth-order valence-electron chi connectivity index (χ4n) is 1.10. The molecule has 1 aromatic heterocycles. The number of rotatable bonds is 5. The second-order valence-electron chi connectivity index (χ2n) is 3.73. The molecule has 0 bridgehead atoms. The van der Waals surface area contributed by atoms with Crippen LogP contribution in [0.2, 0.25) is 10.2 Å². The molecule has 0 atom stereocenters. The van der Waals surface area contributed by atoms with Crippen molar-refractivity contribution in [2.75, 3.05) is 11.9 Å². The number of hydrogen-bond acceptors (Lipinski definition) is 4. The van der Waals surface area contributed by atoms with Gasteiger partial charge in [-0.25, -0.2) is 9.97 Å². The molecule has 1 heterocycles. The van der Waals surface area contributed by atoms with Crippen molar-refractivity contribution in [2.45, 2.75) is 26.3 Å². The summed E-state index contributed by atoms with van der Waals surface area (Å²) in [5, 5.41) is 5.99. The first kappa shape index (κ1) is 14.2. The van der Waals surface area contributed by atoms with Crippen molar-refractivity contribution < 1.29 is 4.79 Å². The van der Waals surface area contributed by atoms with Gasteiger partial charge in [0.2, 0.25) is 5.91 Å². The van der Waals surface area contributed by atoms with Crippen LogP contribution in [0.3, 0.4) is 0 Å². The average molecular weight is 277 g/mol. The number of aromatic nitrogens is 2. The van der Waals surface area contributed by atoms with Crippen LogP contribution in [0.5, 0.6) is 0 Å². The number of carbonyl (C=O) groups is 1. The third-order valence-corrected chi connectivity index (χ3v) is 2.65. The highest BCUT2D eigenvalue weighted by Crippen LogP contribution is 2.25. The second-order valence-corrected chi connectivity index (χ2v) is 4.47. The van der Waals surface area contributed by atoms with E-state index >= 15 is 0 Å². The summed E-state index contributed by atoms with van der Waals surface area (Å²) in [7, 11) is 0. The lowest BCUT2D eigenvalue weighted by molar-refractivity contribution is -0.116. The van der Waals surface area contributed by atoms with E-state index in [1.54, 1.807) is 0 Å². The molecule has 0 saturated carbocycles. The number of amides is 1. The van der Waals surface area contributed by atoms with Crippen molar-refractivity contribution in [1.29, 1.82) is 0 Å². The lowest BCUT2D eigenvalue weighted by Gasteiger charge is -2.08. The zero-order chi connectivity index (χ0) is 12.8. The lowest BCUT2D eigenvalue weighted by Crippen LogP contribution is -2.27. The highest BCUT2D eigenvalue weighted by atomic mass is 35.5. The molecule has 1 aromatic rings. The third-order valence-electron chi connectivity index (χ3n) is 1.91. The summed E-state index contributed by atoms with van der Waals surface area (Å²) < 4.78 is 0. The summed E-state index contributed by atoms with van der Waals surface area (Å²) in [4.78, 5) is 19.1. The van der Waals surface area contributed by atoms with Crippen LogP contribution < -0.4 is 10.6 Å². The predicted molar refractivity (Wildman–Crippen MR) is 68.4 cm³/mol. The van der Waals surface area contributed by atoms with E-state index in [0.717, 1.165) is 0 Å². The molecule has 0 spiro atoms. The van der Waals surface area contributed by atoms with Gasteiger partial charge in [0.25, 0.3) is 0 Å². The van der Waals surface area contributed by atoms with Gasteiger partial charge in [0.05, 0.1) is 0 Å². The van der Waals surface area contributed by atoms with E-state index in [1.807, 2.05) is 13.8 Å². The first-order chi connectivity index (χ1) is 8.00. The minimum Gasteiger partial charge on any atom is -0.314 e. The zero-order valence-electron chi connectivity index (χ0n) is 9.63. The molecule has 7 heteroatoms. The Morgan fingerprint density at radius 1 is 1.41 bits per heavy atom. The summed E-state index contributed by atoms with van der Waals surface area (Å²) in [5.41, 5.74) is 0. The van der Waals surface area contributed by atoms with Gasteiger partial charge in [-0.05, 0) is 0 Å². The molecule has 0 radical (unpaired) electrons. The van der Waals surface area contributed by atoms with Crippen molar-refractivity contribution in [3.05, 3.63) is 16.5 Å². The smallest absolute Gasteiger partial charge is 0.226 e. The number of nitrogens with zero attached hydrogens (tertiary/aromatic N) is 2. The first-order valence-corrected chi connectivity index (χ1v) is 5.95. The Balaban J connectivity index is 2.48. The number of carbonyl (C=O) groups excluding carboxylic acids is 1. The van der Waals surface area contributed by atoms with Crippen molar-refractivity contribution in [2.24, 2.45) is 0 Å². The maximum atomic E-state index is 11.5. The van der Waals surface area contributed by atoms with Crippen LogP contribution in [0, 0.1) is 0 Å². The van der Waals surface area contributed by atoms with Crippen LogP contribution in [-0.2, 0) is 4.79 Å². The van der Waals surface area contributed by atoms with E-state index in [9.17, 15) is 4.79 Å². The number of anilines is 1. The highest BCUT2D eigenvalue weighted by molar-refractivity contribution is 6.42. The van der Waals surface area contributed by atoms with Gasteiger partial charge in [0, 0.05) is 19.0 Å². The van der Waals surface area contributed by atoms with Crippen LogP contribution in [0.1, 0.15) is 20.3 Å². The molecule has 17 heavy (non-hydrogen) atoms.